The summed E-state index contributed by atoms with van der Waals surface area (Å²) in [5.41, 5.74) is 0. The molecule has 0 fully saturated rings. The smallest absolute Gasteiger partial charge is 0.321 e. The third kappa shape index (κ3) is 10.3. The molecular formula is C9H23AlN2O. The molecule has 0 aliphatic heterocycles. The van der Waals surface area contributed by atoms with Crippen molar-refractivity contribution in [1.29, 1.82) is 0 Å². The van der Waals surface area contributed by atoms with E-state index < -0.39 is 0 Å². The number of methoxy groups -OCH3 is 1. The van der Waals surface area contributed by atoms with Crippen molar-refractivity contribution in [1.82, 2.24) is 8.78 Å². The SMILES string of the molecule is COCCC[N]([AlH2])CCCN(C)C. The van der Waals surface area contributed by atoms with Crippen LogP contribution in [-0.2, 0) is 4.74 Å². The molecule has 0 N–H and O–H groups in total. The maximum Gasteiger partial charge on any atom is 0.321 e. The second kappa shape index (κ2) is 8.99. The van der Waals surface area contributed by atoms with Gasteiger partial charge in [-0.05, 0) is 46.6 Å². The molecule has 3 nitrogen and oxygen atoms in total. The van der Waals surface area contributed by atoms with Crippen LogP contribution in [-0.4, -0.2) is 72.7 Å². The lowest BCUT2D eigenvalue weighted by Gasteiger charge is -2.18. The largest absolute Gasteiger partial charge is 0.390 e. The molecule has 0 heterocycles. The van der Waals surface area contributed by atoms with Crippen molar-refractivity contribution in [3.8, 4) is 0 Å². The zero-order valence-corrected chi connectivity index (χ0v) is 11.5. The summed E-state index contributed by atoms with van der Waals surface area (Å²) >= 11 is 1.18. The van der Waals surface area contributed by atoms with Gasteiger partial charge in [0, 0.05) is 13.7 Å². The van der Waals surface area contributed by atoms with E-state index in [1.807, 2.05) is 0 Å². The minimum atomic E-state index is 0.895. The summed E-state index contributed by atoms with van der Waals surface area (Å²) in [4.78, 5) is 2.24. The average Bonchev–Trinajstić information content (AvgIpc) is 2.04. The van der Waals surface area contributed by atoms with E-state index in [0.29, 0.717) is 0 Å². The number of rotatable bonds is 8. The van der Waals surface area contributed by atoms with E-state index in [0.717, 1.165) is 6.61 Å². The van der Waals surface area contributed by atoms with Crippen molar-refractivity contribution in [2.24, 2.45) is 0 Å². The molecule has 0 bridgehead atoms. The van der Waals surface area contributed by atoms with Gasteiger partial charge in [-0.25, -0.2) is 0 Å². The van der Waals surface area contributed by atoms with Crippen LogP contribution < -0.4 is 0 Å². The Morgan fingerprint density at radius 3 is 2.23 bits per heavy atom. The van der Waals surface area contributed by atoms with E-state index in [-0.39, 0.29) is 0 Å². The molecule has 0 amide bonds. The molecule has 0 aliphatic carbocycles. The maximum atomic E-state index is 5.02. The van der Waals surface area contributed by atoms with Gasteiger partial charge in [0.15, 0.2) is 0 Å². The van der Waals surface area contributed by atoms with Crippen molar-refractivity contribution in [3.05, 3.63) is 0 Å². The predicted molar refractivity (Wildman–Crippen MR) is 59.8 cm³/mol. The summed E-state index contributed by atoms with van der Waals surface area (Å²) in [6, 6.07) is 0. The molecule has 78 valence electrons. The molecule has 0 aromatic rings. The lowest BCUT2D eigenvalue weighted by molar-refractivity contribution is 0.187. The van der Waals surface area contributed by atoms with Crippen LogP contribution in [0.1, 0.15) is 12.8 Å². The first-order valence-electron chi connectivity index (χ1n) is 4.99. The normalized spacial score (nSPS) is 11.5. The van der Waals surface area contributed by atoms with Gasteiger partial charge in [0.05, 0.1) is 0 Å². The Balaban J connectivity index is 3.15. The van der Waals surface area contributed by atoms with Crippen molar-refractivity contribution in [2.45, 2.75) is 12.8 Å². The topological polar surface area (TPSA) is 15.7 Å². The Morgan fingerprint density at radius 2 is 1.69 bits per heavy atom. The molecule has 0 radical (unpaired) electrons. The van der Waals surface area contributed by atoms with Crippen molar-refractivity contribution >= 4 is 16.5 Å². The van der Waals surface area contributed by atoms with Gasteiger partial charge in [-0.2, -0.15) is 0 Å². The van der Waals surface area contributed by atoms with Gasteiger partial charge in [-0.1, -0.05) is 0 Å². The Kier molecular flexibility index (Phi) is 9.27. The van der Waals surface area contributed by atoms with Crippen LogP contribution >= 0.6 is 0 Å². The molecule has 0 saturated carbocycles. The molecule has 13 heavy (non-hydrogen) atoms. The zero-order valence-electron chi connectivity index (χ0n) is 9.55. The fourth-order valence-corrected chi connectivity index (χ4v) is 1.88. The van der Waals surface area contributed by atoms with E-state index in [2.05, 4.69) is 22.9 Å². The van der Waals surface area contributed by atoms with Gasteiger partial charge in [0.25, 0.3) is 0 Å². The Morgan fingerprint density at radius 1 is 1.08 bits per heavy atom. The second-order valence-corrected chi connectivity index (χ2v) is 5.07. The molecule has 0 aromatic carbocycles. The molecule has 0 spiro atoms. The van der Waals surface area contributed by atoms with Crippen LogP contribution in [0, 0.1) is 0 Å². The Labute approximate surface area is 90.7 Å². The molecule has 0 aromatic heterocycles. The van der Waals surface area contributed by atoms with Gasteiger partial charge in [-0.15, -0.1) is 0 Å². The van der Waals surface area contributed by atoms with Gasteiger partial charge in [0.1, 0.15) is 0 Å². The first-order valence-corrected chi connectivity index (χ1v) is 5.88. The highest BCUT2D eigenvalue weighted by Gasteiger charge is 1.97. The van der Waals surface area contributed by atoms with E-state index in [9.17, 15) is 0 Å². The second-order valence-electron chi connectivity index (χ2n) is 3.81. The number of ether oxygens (including phenoxy) is 1. The highest BCUT2D eigenvalue weighted by molar-refractivity contribution is 6.04. The summed E-state index contributed by atoms with van der Waals surface area (Å²) < 4.78 is 7.52. The number of hydrogen-bond acceptors (Lipinski definition) is 3. The molecule has 0 unspecified atom stereocenters. The highest BCUT2D eigenvalue weighted by atomic mass is 27.1. The molecular weight excluding hydrogens is 179 g/mol. The predicted octanol–water partition coefficient (Wildman–Crippen LogP) is -0.175. The van der Waals surface area contributed by atoms with Crippen molar-refractivity contribution in [2.75, 3.05) is 47.4 Å². The third-order valence-corrected chi connectivity index (χ3v) is 2.93. The van der Waals surface area contributed by atoms with Crippen LogP contribution in [0.3, 0.4) is 0 Å². The standard InChI is InChI=1S/C9H21N2O.Al.2H/c1-11(2)8-4-6-10-7-5-9-12-3;;;/h4-9H2,1-3H3;;;/q-1;+1;;. The summed E-state index contributed by atoms with van der Waals surface area (Å²) in [7, 11) is 6.02. The van der Waals surface area contributed by atoms with Crippen LogP contribution in [0.4, 0.5) is 0 Å². The first-order chi connectivity index (χ1) is 6.16. The van der Waals surface area contributed by atoms with Crippen LogP contribution in [0.5, 0.6) is 0 Å². The van der Waals surface area contributed by atoms with Crippen LogP contribution in [0.2, 0.25) is 0 Å². The van der Waals surface area contributed by atoms with Crippen molar-refractivity contribution < 1.29 is 4.74 Å². The lowest BCUT2D eigenvalue weighted by Crippen LogP contribution is -2.26. The summed E-state index contributed by atoms with van der Waals surface area (Å²) in [5, 5.41) is 0. The fourth-order valence-electron chi connectivity index (χ4n) is 1.25. The van der Waals surface area contributed by atoms with E-state index in [4.69, 9.17) is 4.74 Å². The summed E-state index contributed by atoms with van der Waals surface area (Å²) in [6.07, 6.45) is 2.45. The summed E-state index contributed by atoms with van der Waals surface area (Å²) in [5.74, 6) is 0. The summed E-state index contributed by atoms with van der Waals surface area (Å²) in [6.45, 7) is 4.54. The quantitative estimate of drug-likeness (QED) is 0.401. The Bertz CT molecular complexity index is 112. The minimum Gasteiger partial charge on any atom is -0.390 e. The Hall–Kier alpha value is 0.412. The number of hydrogen-bond donors (Lipinski definition) is 0. The average molecular weight is 202 g/mol. The van der Waals surface area contributed by atoms with E-state index >= 15 is 0 Å². The van der Waals surface area contributed by atoms with Gasteiger partial charge >= 0.3 is 16.5 Å². The molecule has 4 heteroatoms. The lowest BCUT2D eigenvalue weighted by atomic mass is 10.4. The highest BCUT2D eigenvalue weighted by Crippen LogP contribution is 1.91. The first kappa shape index (κ1) is 13.4. The van der Waals surface area contributed by atoms with Gasteiger partial charge in [-0.3, -0.25) is 0 Å². The molecule has 0 aliphatic rings. The van der Waals surface area contributed by atoms with Crippen LogP contribution in [0.25, 0.3) is 0 Å². The maximum absolute atomic E-state index is 5.02. The minimum absolute atomic E-state index is 0.895. The number of nitrogens with zero attached hydrogens (tertiary/aromatic N) is 2. The van der Waals surface area contributed by atoms with Gasteiger partial charge in [0.2, 0.25) is 0 Å². The molecule has 0 rings (SSSR count). The van der Waals surface area contributed by atoms with Crippen LogP contribution in [0.15, 0.2) is 0 Å². The van der Waals surface area contributed by atoms with Gasteiger partial charge < -0.3 is 13.5 Å². The zero-order chi connectivity index (χ0) is 10.1. The fraction of sp³-hybridized carbons (Fsp3) is 1.00. The van der Waals surface area contributed by atoms with E-state index in [1.54, 1.807) is 7.11 Å². The van der Waals surface area contributed by atoms with E-state index in [1.165, 1.54) is 49.0 Å². The van der Waals surface area contributed by atoms with Crippen molar-refractivity contribution in [3.63, 3.8) is 0 Å². The molecule has 0 saturated heterocycles. The molecule has 0 atom stereocenters. The third-order valence-electron chi connectivity index (χ3n) is 2.03. The monoisotopic (exact) mass is 202 g/mol.